The topological polar surface area (TPSA) is 95.8 Å². The van der Waals surface area contributed by atoms with Gasteiger partial charge in [0.1, 0.15) is 0 Å². The summed E-state index contributed by atoms with van der Waals surface area (Å²) in [5.41, 5.74) is 3.90. The largest absolute Gasteiger partial charge is 0.372 e. The van der Waals surface area contributed by atoms with E-state index in [4.69, 9.17) is 0 Å². The quantitative estimate of drug-likeness (QED) is 0.152. The molecule has 4 rings (SSSR count). The van der Waals surface area contributed by atoms with Crippen LogP contribution in [0.5, 0.6) is 0 Å². The normalized spacial score (nSPS) is 11.5. The summed E-state index contributed by atoms with van der Waals surface area (Å²) < 4.78 is 0. The maximum absolute atomic E-state index is 10.8. The third-order valence-electron chi connectivity index (χ3n) is 5.46. The molecule has 0 spiro atoms. The highest BCUT2D eigenvalue weighted by molar-refractivity contribution is 5.99. The van der Waals surface area contributed by atoms with Gasteiger partial charge in [-0.1, -0.05) is 24.3 Å². The van der Waals surface area contributed by atoms with Gasteiger partial charge in [0.05, 0.1) is 27.7 Å². The van der Waals surface area contributed by atoms with Gasteiger partial charge < -0.3 is 4.90 Å². The van der Waals surface area contributed by atoms with E-state index in [1.54, 1.807) is 12.1 Å². The Kier molecular flexibility index (Phi) is 6.98. The fourth-order valence-corrected chi connectivity index (χ4v) is 3.62. The van der Waals surface area contributed by atoms with Crippen molar-refractivity contribution in [2.45, 2.75) is 13.8 Å². The smallest absolute Gasteiger partial charge is 0.269 e. The van der Waals surface area contributed by atoms with Crippen molar-refractivity contribution in [2.24, 2.45) is 20.5 Å². The second-order valence-electron chi connectivity index (χ2n) is 7.51. The number of nitro groups is 1. The lowest BCUT2D eigenvalue weighted by Gasteiger charge is -2.20. The van der Waals surface area contributed by atoms with E-state index in [2.05, 4.69) is 51.3 Å². The average Bonchev–Trinajstić information content (AvgIpc) is 2.88. The van der Waals surface area contributed by atoms with E-state index in [0.717, 1.165) is 40.9 Å². The first-order valence-electron chi connectivity index (χ1n) is 11.0. The van der Waals surface area contributed by atoms with E-state index in [0.29, 0.717) is 11.4 Å². The highest BCUT2D eigenvalue weighted by atomic mass is 16.6. The van der Waals surface area contributed by atoms with Gasteiger partial charge in [0.2, 0.25) is 0 Å². The molecule has 0 aliphatic heterocycles. The summed E-state index contributed by atoms with van der Waals surface area (Å²) in [6.07, 6.45) is 0. The monoisotopic (exact) mass is 452 g/mol. The number of rotatable bonds is 8. The predicted octanol–water partition coefficient (Wildman–Crippen LogP) is 8.43. The number of anilines is 1. The van der Waals surface area contributed by atoms with Gasteiger partial charge in [-0.25, -0.2) is 0 Å². The molecule has 0 unspecified atom stereocenters. The molecule has 0 aromatic heterocycles. The Morgan fingerprint density at radius 3 is 1.59 bits per heavy atom. The molecule has 0 fully saturated rings. The average molecular weight is 453 g/mol. The van der Waals surface area contributed by atoms with Crippen molar-refractivity contribution in [2.75, 3.05) is 18.0 Å². The van der Waals surface area contributed by atoms with E-state index in [-0.39, 0.29) is 5.69 Å². The van der Waals surface area contributed by atoms with Crippen LogP contribution in [-0.2, 0) is 0 Å². The van der Waals surface area contributed by atoms with Crippen LogP contribution in [0.4, 0.5) is 34.1 Å². The number of benzene rings is 4. The summed E-state index contributed by atoms with van der Waals surface area (Å²) >= 11 is 0. The highest BCUT2D eigenvalue weighted by Gasteiger charge is 2.07. The molecule has 0 aliphatic carbocycles. The van der Waals surface area contributed by atoms with Crippen LogP contribution in [0.25, 0.3) is 10.8 Å². The number of fused-ring (bicyclic) bond motifs is 1. The highest BCUT2D eigenvalue weighted by Crippen LogP contribution is 2.35. The summed E-state index contributed by atoms with van der Waals surface area (Å²) in [4.78, 5) is 12.6. The van der Waals surface area contributed by atoms with Crippen LogP contribution in [0.2, 0.25) is 0 Å². The van der Waals surface area contributed by atoms with Crippen LogP contribution in [0.15, 0.2) is 105 Å². The first-order valence-corrected chi connectivity index (χ1v) is 11.0. The lowest BCUT2D eigenvalue weighted by Crippen LogP contribution is -2.21. The Morgan fingerprint density at radius 1 is 0.676 bits per heavy atom. The molecular formula is C26H24N6O2. The summed E-state index contributed by atoms with van der Waals surface area (Å²) in [5.74, 6) is 0. The Morgan fingerprint density at radius 2 is 1.15 bits per heavy atom. The van der Waals surface area contributed by atoms with Crippen LogP contribution >= 0.6 is 0 Å². The lowest BCUT2D eigenvalue weighted by atomic mass is 10.1. The minimum atomic E-state index is -0.443. The Hall–Kier alpha value is -4.46. The fraction of sp³-hybridized carbons (Fsp3) is 0.154. The maximum Gasteiger partial charge on any atom is 0.269 e. The second kappa shape index (κ2) is 10.4. The predicted molar refractivity (Wildman–Crippen MR) is 135 cm³/mol. The summed E-state index contributed by atoms with van der Waals surface area (Å²) in [7, 11) is 0. The van der Waals surface area contributed by atoms with Crippen molar-refractivity contribution in [3.63, 3.8) is 0 Å². The SMILES string of the molecule is CCN(CC)c1ccc(N=Nc2ccc(N=Nc3ccc([N+](=O)[O-])cc3)c3ccccc23)cc1. The third-order valence-corrected chi connectivity index (χ3v) is 5.46. The van der Waals surface area contributed by atoms with Crippen molar-refractivity contribution in [3.05, 3.63) is 95.0 Å². The Balaban J connectivity index is 1.58. The minimum Gasteiger partial charge on any atom is -0.372 e. The van der Waals surface area contributed by atoms with E-state index >= 15 is 0 Å². The van der Waals surface area contributed by atoms with Gasteiger partial charge >= 0.3 is 0 Å². The van der Waals surface area contributed by atoms with Gasteiger partial charge in [0, 0.05) is 41.7 Å². The molecule has 4 aromatic rings. The standard InChI is InChI=1S/C26H24N6O2/c1-3-31(4-2)21-13-9-19(10-14-21)27-29-25-17-18-26(24-8-6-5-7-23(24)25)30-28-20-11-15-22(16-12-20)32(33)34/h5-18H,3-4H2,1-2H3. The minimum absolute atomic E-state index is 0.0156. The summed E-state index contributed by atoms with van der Waals surface area (Å²) in [6, 6.07) is 25.5. The molecule has 0 heterocycles. The molecule has 0 amide bonds. The maximum atomic E-state index is 10.8. The van der Waals surface area contributed by atoms with E-state index in [1.165, 1.54) is 12.1 Å². The van der Waals surface area contributed by atoms with E-state index in [9.17, 15) is 10.1 Å². The molecule has 0 atom stereocenters. The molecule has 0 saturated carbocycles. The number of nitro benzene ring substituents is 1. The molecule has 8 heteroatoms. The number of azo groups is 2. The van der Waals surface area contributed by atoms with Crippen LogP contribution in [0.1, 0.15) is 13.8 Å². The van der Waals surface area contributed by atoms with Gasteiger partial charge in [-0.15, -0.1) is 10.2 Å². The Labute approximate surface area is 197 Å². The van der Waals surface area contributed by atoms with Gasteiger partial charge in [0.15, 0.2) is 0 Å². The van der Waals surface area contributed by atoms with Gasteiger partial charge in [-0.2, -0.15) is 10.2 Å². The number of non-ortho nitro benzene ring substituents is 1. The molecule has 0 aliphatic rings. The zero-order chi connectivity index (χ0) is 23.9. The van der Waals surface area contributed by atoms with Crippen molar-refractivity contribution in [1.29, 1.82) is 0 Å². The van der Waals surface area contributed by atoms with Crippen LogP contribution in [0, 0.1) is 10.1 Å². The molecule has 0 radical (unpaired) electrons. The van der Waals surface area contributed by atoms with Crippen LogP contribution < -0.4 is 4.90 Å². The van der Waals surface area contributed by atoms with Crippen molar-refractivity contribution < 1.29 is 4.92 Å². The molecule has 4 aromatic carbocycles. The summed E-state index contributed by atoms with van der Waals surface area (Å²) in [6.45, 7) is 6.18. The molecule has 170 valence electrons. The second-order valence-corrected chi connectivity index (χ2v) is 7.51. The van der Waals surface area contributed by atoms with Crippen molar-refractivity contribution >= 4 is 44.9 Å². The van der Waals surface area contributed by atoms with Gasteiger partial charge in [-0.3, -0.25) is 10.1 Å². The number of hydrogen-bond donors (Lipinski definition) is 0. The lowest BCUT2D eigenvalue weighted by molar-refractivity contribution is -0.384. The van der Waals surface area contributed by atoms with Crippen molar-refractivity contribution in [1.82, 2.24) is 0 Å². The first kappa shape index (κ1) is 22.7. The van der Waals surface area contributed by atoms with E-state index < -0.39 is 4.92 Å². The Bertz CT molecular complexity index is 1340. The fourth-order valence-electron chi connectivity index (χ4n) is 3.62. The molecule has 0 N–H and O–H groups in total. The van der Waals surface area contributed by atoms with Crippen LogP contribution in [0.3, 0.4) is 0 Å². The molecular weight excluding hydrogens is 428 g/mol. The first-order chi connectivity index (χ1) is 16.6. The molecule has 8 nitrogen and oxygen atoms in total. The molecule has 0 bridgehead atoms. The van der Waals surface area contributed by atoms with Crippen LogP contribution in [-0.4, -0.2) is 18.0 Å². The molecule has 0 saturated heterocycles. The number of nitrogens with zero attached hydrogens (tertiary/aromatic N) is 6. The zero-order valence-corrected chi connectivity index (χ0v) is 19.0. The van der Waals surface area contributed by atoms with Gasteiger partial charge in [0.25, 0.3) is 5.69 Å². The number of hydrogen-bond acceptors (Lipinski definition) is 7. The zero-order valence-electron chi connectivity index (χ0n) is 19.0. The van der Waals surface area contributed by atoms with Gasteiger partial charge in [-0.05, 0) is 62.4 Å². The van der Waals surface area contributed by atoms with Crippen molar-refractivity contribution in [3.8, 4) is 0 Å². The third kappa shape index (κ3) is 5.12. The molecule has 34 heavy (non-hydrogen) atoms. The van der Waals surface area contributed by atoms with E-state index in [1.807, 2.05) is 48.5 Å². The summed E-state index contributed by atoms with van der Waals surface area (Å²) in [5, 5.41) is 30.1.